The van der Waals surface area contributed by atoms with Crippen LogP contribution in [0.2, 0.25) is 0 Å². The monoisotopic (exact) mass is 262 g/mol. The smallest absolute Gasteiger partial charge is 0.0657 e. The Morgan fingerprint density at radius 1 is 1.26 bits per heavy atom. The zero-order valence-corrected chi connectivity index (χ0v) is 12.1. The van der Waals surface area contributed by atoms with Gasteiger partial charge in [-0.05, 0) is 51.0 Å². The van der Waals surface area contributed by atoms with Crippen LogP contribution in [0.25, 0.3) is 0 Å². The van der Waals surface area contributed by atoms with Crippen molar-refractivity contribution in [3.8, 4) is 0 Å². The van der Waals surface area contributed by atoms with E-state index >= 15 is 0 Å². The molecule has 1 fully saturated rings. The topological polar surface area (TPSA) is 24.5 Å². The number of benzene rings is 1. The normalized spacial score (nSPS) is 19.5. The summed E-state index contributed by atoms with van der Waals surface area (Å²) >= 11 is 0. The van der Waals surface area contributed by atoms with Gasteiger partial charge in [-0.1, -0.05) is 30.3 Å². The highest BCUT2D eigenvalue weighted by Gasteiger charge is 2.18. The number of likely N-dealkylation sites (tertiary alicyclic amines) is 1. The maximum absolute atomic E-state index is 5.34. The van der Waals surface area contributed by atoms with E-state index in [1.807, 2.05) is 0 Å². The van der Waals surface area contributed by atoms with Crippen LogP contribution in [0.15, 0.2) is 30.3 Å². The molecule has 0 bridgehead atoms. The van der Waals surface area contributed by atoms with E-state index in [0.717, 1.165) is 19.1 Å². The third kappa shape index (κ3) is 4.60. The van der Waals surface area contributed by atoms with Gasteiger partial charge in [0, 0.05) is 7.11 Å². The highest BCUT2D eigenvalue weighted by molar-refractivity contribution is 5.18. The van der Waals surface area contributed by atoms with Crippen molar-refractivity contribution in [3.63, 3.8) is 0 Å². The van der Waals surface area contributed by atoms with Gasteiger partial charge < -0.3 is 15.0 Å². The first-order valence-electron chi connectivity index (χ1n) is 7.25. The van der Waals surface area contributed by atoms with Crippen molar-refractivity contribution in [1.82, 2.24) is 10.2 Å². The molecule has 3 heteroatoms. The highest BCUT2D eigenvalue weighted by Crippen LogP contribution is 2.18. The lowest BCUT2D eigenvalue weighted by Gasteiger charge is -2.30. The standard InChI is InChI=1S/C16H26N2O/c1-18-10-8-14(9-11-18)12-17-16(13-19-2)15-6-4-3-5-7-15/h3-7,14,16-17H,8-13H2,1-2H3. The number of piperidine rings is 1. The lowest BCUT2D eigenvalue weighted by Crippen LogP contribution is -2.37. The van der Waals surface area contributed by atoms with Crippen LogP contribution >= 0.6 is 0 Å². The summed E-state index contributed by atoms with van der Waals surface area (Å²) in [7, 11) is 3.98. The predicted molar refractivity (Wildman–Crippen MR) is 79.3 cm³/mol. The first kappa shape index (κ1) is 14.5. The van der Waals surface area contributed by atoms with Crippen LogP contribution in [-0.4, -0.2) is 45.3 Å². The van der Waals surface area contributed by atoms with Crippen LogP contribution in [0.1, 0.15) is 24.4 Å². The van der Waals surface area contributed by atoms with Crippen molar-refractivity contribution in [1.29, 1.82) is 0 Å². The van der Waals surface area contributed by atoms with E-state index < -0.39 is 0 Å². The molecule has 0 radical (unpaired) electrons. The number of nitrogens with one attached hydrogen (secondary N) is 1. The Kier molecular flexibility index (Phi) is 5.83. The SMILES string of the molecule is COCC(NCC1CCN(C)CC1)c1ccccc1. The molecule has 1 aliphatic heterocycles. The molecule has 1 unspecified atom stereocenters. The van der Waals surface area contributed by atoms with Crippen molar-refractivity contribution in [2.45, 2.75) is 18.9 Å². The van der Waals surface area contributed by atoms with Crippen molar-refractivity contribution in [3.05, 3.63) is 35.9 Å². The van der Waals surface area contributed by atoms with Crippen LogP contribution in [0.3, 0.4) is 0 Å². The minimum atomic E-state index is 0.311. The number of nitrogens with zero attached hydrogens (tertiary/aromatic N) is 1. The van der Waals surface area contributed by atoms with E-state index in [9.17, 15) is 0 Å². The number of rotatable bonds is 6. The second kappa shape index (κ2) is 7.63. The molecule has 1 atom stereocenters. The third-order valence-corrected chi connectivity index (χ3v) is 4.03. The van der Waals surface area contributed by atoms with Gasteiger partial charge in [-0.15, -0.1) is 0 Å². The first-order chi connectivity index (χ1) is 9.29. The second-order valence-electron chi connectivity index (χ2n) is 5.57. The second-order valence-corrected chi connectivity index (χ2v) is 5.57. The summed E-state index contributed by atoms with van der Waals surface area (Å²) in [6, 6.07) is 10.9. The van der Waals surface area contributed by atoms with Gasteiger partial charge in [-0.3, -0.25) is 0 Å². The largest absolute Gasteiger partial charge is 0.383 e. The first-order valence-corrected chi connectivity index (χ1v) is 7.25. The maximum atomic E-state index is 5.34. The minimum Gasteiger partial charge on any atom is -0.383 e. The lowest BCUT2D eigenvalue weighted by molar-refractivity contribution is 0.157. The van der Waals surface area contributed by atoms with Gasteiger partial charge in [-0.25, -0.2) is 0 Å². The average Bonchev–Trinajstić information content (AvgIpc) is 2.46. The zero-order chi connectivity index (χ0) is 13.5. The Morgan fingerprint density at radius 2 is 1.95 bits per heavy atom. The van der Waals surface area contributed by atoms with Crippen LogP contribution in [0.5, 0.6) is 0 Å². The molecule has 1 aliphatic rings. The number of ether oxygens (including phenoxy) is 1. The van der Waals surface area contributed by atoms with Crippen molar-refractivity contribution >= 4 is 0 Å². The van der Waals surface area contributed by atoms with Gasteiger partial charge in [0.05, 0.1) is 12.6 Å². The summed E-state index contributed by atoms with van der Waals surface area (Å²) < 4.78 is 5.34. The molecule has 0 saturated carbocycles. The molecule has 0 aliphatic carbocycles. The number of methoxy groups -OCH3 is 1. The minimum absolute atomic E-state index is 0.311. The summed E-state index contributed by atoms with van der Waals surface area (Å²) in [5, 5.41) is 3.68. The molecule has 0 amide bonds. The number of hydrogen-bond acceptors (Lipinski definition) is 3. The summed E-state index contributed by atoms with van der Waals surface area (Å²) in [5.74, 6) is 0.805. The van der Waals surface area contributed by atoms with E-state index in [1.165, 1.54) is 31.5 Å². The molecule has 1 saturated heterocycles. The summed E-state index contributed by atoms with van der Waals surface area (Å²) in [5.41, 5.74) is 1.32. The van der Waals surface area contributed by atoms with Crippen LogP contribution in [-0.2, 0) is 4.74 Å². The molecule has 1 aromatic rings. The molecule has 1 aromatic carbocycles. The van der Waals surface area contributed by atoms with Gasteiger partial charge >= 0.3 is 0 Å². The van der Waals surface area contributed by atoms with Gasteiger partial charge in [0.1, 0.15) is 0 Å². The Bertz CT molecular complexity index is 347. The van der Waals surface area contributed by atoms with Gasteiger partial charge in [-0.2, -0.15) is 0 Å². The molecule has 1 heterocycles. The van der Waals surface area contributed by atoms with Crippen LogP contribution < -0.4 is 5.32 Å². The molecule has 106 valence electrons. The highest BCUT2D eigenvalue weighted by atomic mass is 16.5. The Labute approximate surface area is 116 Å². The van der Waals surface area contributed by atoms with Crippen LogP contribution in [0.4, 0.5) is 0 Å². The Balaban J connectivity index is 1.84. The van der Waals surface area contributed by atoms with E-state index in [1.54, 1.807) is 7.11 Å². The molecule has 2 rings (SSSR count). The van der Waals surface area contributed by atoms with Crippen LogP contribution in [0, 0.1) is 5.92 Å². The van der Waals surface area contributed by atoms with Crippen molar-refractivity contribution in [2.24, 2.45) is 5.92 Å². The van der Waals surface area contributed by atoms with E-state index in [2.05, 4.69) is 47.6 Å². The quantitative estimate of drug-likeness (QED) is 0.851. The van der Waals surface area contributed by atoms with Crippen molar-refractivity contribution < 1.29 is 4.74 Å². The molecular formula is C16H26N2O. The fourth-order valence-electron chi connectivity index (χ4n) is 2.70. The molecule has 19 heavy (non-hydrogen) atoms. The average molecular weight is 262 g/mol. The maximum Gasteiger partial charge on any atom is 0.0657 e. The van der Waals surface area contributed by atoms with Gasteiger partial charge in [0.2, 0.25) is 0 Å². The van der Waals surface area contributed by atoms with E-state index in [4.69, 9.17) is 4.74 Å². The molecule has 0 spiro atoms. The lowest BCUT2D eigenvalue weighted by atomic mass is 9.96. The third-order valence-electron chi connectivity index (χ3n) is 4.03. The number of hydrogen-bond donors (Lipinski definition) is 1. The van der Waals surface area contributed by atoms with Gasteiger partial charge in [0.25, 0.3) is 0 Å². The molecule has 3 nitrogen and oxygen atoms in total. The fraction of sp³-hybridized carbons (Fsp3) is 0.625. The Hall–Kier alpha value is -0.900. The zero-order valence-electron chi connectivity index (χ0n) is 12.1. The molecular weight excluding hydrogens is 236 g/mol. The van der Waals surface area contributed by atoms with E-state index in [0.29, 0.717) is 6.04 Å². The molecule has 0 aromatic heterocycles. The summed E-state index contributed by atoms with van der Waals surface area (Å²) in [4.78, 5) is 2.42. The van der Waals surface area contributed by atoms with Gasteiger partial charge in [0.15, 0.2) is 0 Å². The fourth-order valence-corrected chi connectivity index (χ4v) is 2.70. The van der Waals surface area contributed by atoms with Crippen molar-refractivity contribution in [2.75, 3.05) is 40.4 Å². The predicted octanol–water partition coefficient (Wildman–Crippen LogP) is 2.31. The van der Waals surface area contributed by atoms with E-state index in [-0.39, 0.29) is 0 Å². The molecule has 1 N–H and O–H groups in total. The Morgan fingerprint density at radius 3 is 2.58 bits per heavy atom. The summed E-state index contributed by atoms with van der Waals surface area (Å²) in [6.07, 6.45) is 2.61. The summed E-state index contributed by atoms with van der Waals surface area (Å²) in [6.45, 7) is 4.28.